The fourth-order valence-electron chi connectivity index (χ4n) is 3.84. The largest absolute Gasteiger partial charge is 0.309 e. The second-order valence-corrected chi connectivity index (χ2v) is 8.85. The molecule has 0 amide bonds. The smallest absolute Gasteiger partial charge is 0.241 e. The van der Waals surface area contributed by atoms with Crippen molar-refractivity contribution in [3.8, 4) is 0 Å². The first-order chi connectivity index (χ1) is 13.0. The van der Waals surface area contributed by atoms with E-state index in [1.165, 1.54) is 16.3 Å². The molecular formula is C22H25ClN2O2S. The molecule has 0 aromatic heterocycles. The average molecular weight is 417 g/mol. The summed E-state index contributed by atoms with van der Waals surface area (Å²) in [7, 11) is -3.46. The number of benzene rings is 3. The monoisotopic (exact) mass is 416 g/mol. The van der Waals surface area contributed by atoms with Crippen molar-refractivity contribution in [3.05, 3.63) is 77.9 Å². The number of fused-ring (bicyclic) bond motifs is 2. The maximum Gasteiger partial charge on any atom is 0.241 e. The molecule has 0 aliphatic carbocycles. The Labute approximate surface area is 172 Å². The number of aryl methyl sites for hydroxylation is 1. The Morgan fingerprint density at radius 3 is 2.61 bits per heavy atom. The lowest BCUT2D eigenvalue weighted by Crippen LogP contribution is -2.41. The molecule has 0 fully saturated rings. The summed E-state index contributed by atoms with van der Waals surface area (Å²) < 4.78 is 28.2. The quantitative estimate of drug-likeness (QED) is 0.669. The minimum atomic E-state index is -3.46. The van der Waals surface area contributed by atoms with Gasteiger partial charge in [0.2, 0.25) is 10.0 Å². The van der Waals surface area contributed by atoms with Crippen LogP contribution in [0.15, 0.2) is 71.6 Å². The Morgan fingerprint density at radius 2 is 1.75 bits per heavy atom. The van der Waals surface area contributed by atoms with Crippen LogP contribution in [0.3, 0.4) is 0 Å². The molecule has 4 nitrogen and oxygen atoms in total. The van der Waals surface area contributed by atoms with Gasteiger partial charge in [0.15, 0.2) is 0 Å². The maximum atomic E-state index is 12.7. The second kappa shape index (κ2) is 8.62. The van der Waals surface area contributed by atoms with Gasteiger partial charge in [-0.1, -0.05) is 60.7 Å². The van der Waals surface area contributed by atoms with Crippen LogP contribution in [0.25, 0.3) is 10.8 Å². The molecule has 1 aliphatic rings. The van der Waals surface area contributed by atoms with Crippen LogP contribution in [0, 0.1) is 0 Å². The summed E-state index contributed by atoms with van der Waals surface area (Å²) in [4.78, 5) is 0.412. The summed E-state index contributed by atoms with van der Waals surface area (Å²) in [6.45, 7) is 2.72. The van der Waals surface area contributed by atoms with Gasteiger partial charge in [-0.2, -0.15) is 0 Å². The van der Waals surface area contributed by atoms with Gasteiger partial charge in [0.1, 0.15) is 0 Å². The zero-order valence-corrected chi connectivity index (χ0v) is 17.4. The van der Waals surface area contributed by atoms with E-state index >= 15 is 0 Å². The number of hydrogen-bond donors (Lipinski definition) is 2. The average Bonchev–Trinajstić information content (AvgIpc) is 2.82. The molecule has 3 aromatic carbocycles. The maximum absolute atomic E-state index is 12.7. The normalized spacial score (nSPS) is 19.2. The van der Waals surface area contributed by atoms with E-state index in [-0.39, 0.29) is 24.5 Å². The molecule has 1 heterocycles. The van der Waals surface area contributed by atoms with Crippen molar-refractivity contribution >= 4 is 33.2 Å². The van der Waals surface area contributed by atoms with Crippen molar-refractivity contribution in [1.29, 1.82) is 0 Å². The topological polar surface area (TPSA) is 58.2 Å². The molecule has 2 atom stereocenters. The number of nitrogens with one attached hydrogen (secondary N) is 2. The van der Waals surface area contributed by atoms with Crippen molar-refractivity contribution < 1.29 is 8.42 Å². The molecule has 3 aromatic rings. The summed E-state index contributed by atoms with van der Waals surface area (Å²) in [6.07, 6.45) is 1.54. The fourth-order valence-corrected chi connectivity index (χ4v) is 5.38. The first kappa shape index (κ1) is 20.8. The summed E-state index contributed by atoms with van der Waals surface area (Å²) in [6, 6.07) is 21.9. The van der Waals surface area contributed by atoms with Crippen molar-refractivity contribution in [2.45, 2.75) is 36.7 Å². The number of halogens is 1. The van der Waals surface area contributed by atoms with Crippen LogP contribution >= 0.6 is 12.4 Å². The van der Waals surface area contributed by atoms with Gasteiger partial charge >= 0.3 is 0 Å². The van der Waals surface area contributed by atoms with E-state index in [1.54, 1.807) is 12.1 Å². The summed E-state index contributed by atoms with van der Waals surface area (Å²) >= 11 is 0. The lowest BCUT2D eigenvalue weighted by molar-refractivity contribution is 0.471. The van der Waals surface area contributed by atoms with Gasteiger partial charge in [0.25, 0.3) is 0 Å². The molecule has 28 heavy (non-hydrogen) atoms. The third kappa shape index (κ3) is 4.23. The van der Waals surface area contributed by atoms with E-state index in [0.717, 1.165) is 18.4 Å². The number of rotatable bonds is 4. The van der Waals surface area contributed by atoms with Crippen LogP contribution in [0.4, 0.5) is 0 Å². The molecule has 0 saturated heterocycles. The Bertz CT molecular complexity index is 1060. The molecule has 0 radical (unpaired) electrons. The van der Waals surface area contributed by atoms with Crippen LogP contribution in [-0.4, -0.2) is 21.0 Å². The van der Waals surface area contributed by atoms with Gasteiger partial charge < -0.3 is 5.32 Å². The van der Waals surface area contributed by atoms with Crippen LogP contribution in [0.1, 0.15) is 30.5 Å². The van der Waals surface area contributed by atoms with Crippen molar-refractivity contribution in [2.75, 3.05) is 6.54 Å². The Hall–Kier alpha value is -1.92. The minimum Gasteiger partial charge on any atom is -0.309 e. The van der Waals surface area contributed by atoms with E-state index in [4.69, 9.17) is 0 Å². The zero-order valence-electron chi connectivity index (χ0n) is 15.8. The molecule has 4 rings (SSSR count). The van der Waals surface area contributed by atoms with Gasteiger partial charge in [-0.15, -0.1) is 12.4 Å². The fraction of sp³-hybridized carbons (Fsp3) is 0.273. The highest BCUT2D eigenvalue weighted by Gasteiger charge is 2.26. The van der Waals surface area contributed by atoms with Crippen molar-refractivity contribution in [3.63, 3.8) is 0 Å². The predicted octanol–water partition coefficient (Wildman–Crippen LogP) is 4.21. The van der Waals surface area contributed by atoms with E-state index in [2.05, 4.69) is 53.4 Å². The van der Waals surface area contributed by atoms with Gasteiger partial charge in [-0.25, -0.2) is 13.1 Å². The van der Waals surface area contributed by atoms with Crippen LogP contribution < -0.4 is 10.0 Å². The lowest BCUT2D eigenvalue weighted by Gasteiger charge is -2.21. The number of hydrogen-bond acceptors (Lipinski definition) is 3. The SMILES string of the molecule is C[C@@H](NCC1CCc2ccccc2S(=O)(=O)N1)c1cccc2ccccc12.Cl. The second-order valence-electron chi connectivity index (χ2n) is 7.16. The molecule has 1 aliphatic heterocycles. The van der Waals surface area contributed by atoms with Gasteiger partial charge in [0.05, 0.1) is 4.90 Å². The molecule has 2 N–H and O–H groups in total. The lowest BCUT2D eigenvalue weighted by atomic mass is 9.99. The molecule has 0 bridgehead atoms. The molecule has 1 unspecified atom stereocenters. The highest BCUT2D eigenvalue weighted by molar-refractivity contribution is 7.89. The summed E-state index contributed by atoms with van der Waals surface area (Å²) in [5.74, 6) is 0. The highest BCUT2D eigenvalue weighted by Crippen LogP contribution is 2.25. The summed E-state index contributed by atoms with van der Waals surface area (Å²) in [5.41, 5.74) is 2.13. The first-order valence-corrected chi connectivity index (χ1v) is 10.8. The predicted molar refractivity (Wildman–Crippen MR) is 116 cm³/mol. The van der Waals surface area contributed by atoms with E-state index in [9.17, 15) is 8.42 Å². The van der Waals surface area contributed by atoms with E-state index in [1.807, 2.05) is 18.2 Å². The minimum absolute atomic E-state index is 0. The van der Waals surface area contributed by atoms with Crippen molar-refractivity contribution in [2.24, 2.45) is 0 Å². The standard InChI is InChI=1S/C22H24N2O2S.ClH/c1-16(20-11-6-9-17-7-2-4-10-21(17)20)23-15-19-14-13-18-8-3-5-12-22(18)27(25,26)24-19;/h2-12,16,19,23-24H,13-15H2,1H3;1H/t16-,19?;/m1./s1. The van der Waals surface area contributed by atoms with Gasteiger partial charge in [-0.05, 0) is 47.7 Å². The third-order valence-corrected chi connectivity index (χ3v) is 6.93. The van der Waals surface area contributed by atoms with Crippen LogP contribution in [-0.2, 0) is 16.4 Å². The first-order valence-electron chi connectivity index (χ1n) is 9.36. The number of sulfonamides is 1. The summed E-state index contributed by atoms with van der Waals surface area (Å²) in [5, 5.41) is 5.97. The molecule has 6 heteroatoms. The Balaban J connectivity index is 0.00000225. The zero-order chi connectivity index (χ0) is 18.9. The van der Waals surface area contributed by atoms with Gasteiger partial charge in [0, 0.05) is 18.6 Å². The Kier molecular flexibility index (Phi) is 6.40. The molecule has 0 spiro atoms. The van der Waals surface area contributed by atoms with E-state index < -0.39 is 10.0 Å². The highest BCUT2D eigenvalue weighted by atomic mass is 35.5. The Morgan fingerprint density at radius 1 is 1.04 bits per heavy atom. The van der Waals surface area contributed by atoms with Crippen LogP contribution in [0.2, 0.25) is 0 Å². The van der Waals surface area contributed by atoms with Crippen LogP contribution in [0.5, 0.6) is 0 Å². The molecular weight excluding hydrogens is 392 g/mol. The molecule has 148 valence electrons. The van der Waals surface area contributed by atoms with Crippen molar-refractivity contribution in [1.82, 2.24) is 10.0 Å². The van der Waals surface area contributed by atoms with E-state index in [0.29, 0.717) is 11.4 Å². The van der Waals surface area contributed by atoms with Gasteiger partial charge in [-0.3, -0.25) is 0 Å². The third-order valence-electron chi connectivity index (χ3n) is 5.31. The molecule has 0 saturated carbocycles.